The maximum absolute atomic E-state index is 13.2. The number of halogens is 2. The van der Waals surface area contributed by atoms with Gasteiger partial charge in [0.25, 0.3) is 5.56 Å². The molecule has 1 aromatic heterocycles. The van der Waals surface area contributed by atoms with Crippen LogP contribution in [-0.2, 0) is 0 Å². The third kappa shape index (κ3) is 2.73. The van der Waals surface area contributed by atoms with Crippen LogP contribution in [0.5, 0.6) is 0 Å². The van der Waals surface area contributed by atoms with Crippen LogP contribution < -0.4 is 11.3 Å². The van der Waals surface area contributed by atoms with Gasteiger partial charge in [0.05, 0.1) is 27.7 Å². The van der Waals surface area contributed by atoms with E-state index in [2.05, 4.69) is 4.98 Å². The molecular weight excluding hydrogens is 317 g/mol. The van der Waals surface area contributed by atoms with Crippen molar-refractivity contribution >= 4 is 22.5 Å². The third-order valence-electron chi connectivity index (χ3n) is 3.73. The zero-order chi connectivity index (χ0) is 16.6. The first-order chi connectivity index (χ1) is 11.0. The number of hydrogen-bond acceptors (Lipinski definition) is 3. The first-order valence-electron chi connectivity index (χ1n) is 7.25. The van der Waals surface area contributed by atoms with Crippen LogP contribution in [0.3, 0.4) is 0 Å². The molecule has 0 saturated carbocycles. The van der Waals surface area contributed by atoms with Crippen LogP contribution in [0.2, 0.25) is 5.02 Å². The van der Waals surface area contributed by atoms with Crippen LogP contribution in [0, 0.1) is 5.82 Å². The highest BCUT2D eigenvalue weighted by Crippen LogP contribution is 2.23. The van der Waals surface area contributed by atoms with Crippen molar-refractivity contribution in [3.05, 3.63) is 69.5 Å². The largest absolute Gasteiger partial charge is 0.321 e. The molecule has 0 aliphatic rings. The van der Waals surface area contributed by atoms with Crippen LogP contribution in [0.25, 0.3) is 16.6 Å². The molecule has 3 rings (SSSR count). The van der Waals surface area contributed by atoms with Crippen molar-refractivity contribution in [3.63, 3.8) is 0 Å². The van der Waals surface area contributed by atoms with Gasteiger partial charge in [-0.25, -0.2) is 9.37 Å². The first kappa shape index (κ1) is 15.6. The van der Waals surface area contributed by atoms with Gasteiger partial charge in [0.15, 0.2) is 0 Å². The Hall–Kier alpha value is -2.24. The third-order valence-corrected chi connectivity index (χ3v) is 4.04. The minimum Gasteiger partial charge on any atom is -0.321 e. The average molecular weight is 332 g/mol. The second-order valence-electron chi connectivity index (χ2n) is 5.24. The van der Waals surface area contributed by atoms with E-state index < -0.39 is 6.04 Å². The second-order valence-corrected chi connectivity index (χ2v) is 5.64. The van der Waals surface area contributed by atoms with Crippen molar-refractivity contribution in [2.45, 2.75) is 19.4 Å². The van der Waals surface area contributed by atoms with Crippen LogP contribution in [0.15, 0.2) is 47.3 Å². The highest BCUT2D eigenvalue weighted by molar-refractivity contribution is 6.35. The summed E-state index contributed by atoms with van der Waals surface area (Å²) in [6.07, 6.45) is 0.611. The summed E-state index contributed by atoms with van der Waals surface area (Å²) in [7, 11) is 0. The molecule has 0 aliphatic carbocycles. The van der Waals surface area contributed by atoms with Gasteiger partial charge in [-0.15, -0.1) is 0 Å². The van der Waals surface area contributed by atoms with Gasteiger partial charge in [0.1, 0.15) is 11.6 Å². The molecule has 4 nitrogen and oxygen atoms in total. The normalized spacial score (nSPS) is 12.5. The van der Waals surface area contributed by atoms with Crippen LogP contribution in [0.4, 0.5) is 4.39 Å². The molecule has 3 aromatic rings. The summed E-state index contributed by atoms with van der Waals surface area (Å²) in [5, 5.41) is 0.651. The molecule has 1 unspecified atom stereocenters. The second kappa shape index (κ2) is 6.10. The summed E-state index contributed by atoms with van der Waals surface area (Å²) < 4.78 is 14.6. The summed E-state index contributed by atoms with van der Waals surface area (Å²) in [4.78, 5) is 17.5. The zero-order valence-electron chi connectivity index (χ0n) is 12.5. The fourth-order valence-corrected chi connectivity index (χ4v) is 2.73. The fraction of sp³-hybridized carbons (Fsp3) is 0.176. The van der Waals surface area contributed by atoms with E-state index in [0.717, 1.165) is 0 Å². The van der Waals surface area contributed by atoms with Gasteiger partial charge in [0.2, 0.25) is 0 Å². The monoisotopic (exact) mass is 331 g/mol. The minimum absolute atomic E-state index is 0.314. The zero-order valence-corrected chi connectivity index (χ0v) is 13.2. The van der Waals surface area contributed by atoms with Crippen molar-refractivity contribution in [2.75, 3.05) is 0 Å². The Labute approximate surface area is 137 Å². The number of rotatable bonds is 3. The fourth-order valence-electron chi connectivity index (χ4n) is 2.48. The molecule has 6 heteroatoms. The first-order valence-corrected chi connectivity index (χ1v) is 7.63. The summed E-state index contributed by atoms with van der Waals surface area (Å²) in [5.41, 5.74) is 6.82. The molecule has 2 aromatic carbocycles. The molecule has 0 aliphatic heterocycles. The molecule has 0 saturated heterocycles. The molecular formula is C17H15ClFN3O. The van der Waals surface area contributed by atoms with Crippen LogP contribution in [-0.4, -0.2) is 9.55 Å². The van der Waals surface area contributed by atoms with E-state index in [-0.39, 0.29) is 11.4 Å². The van der Waals surface area contributed by atoms with Gasteiger partial charge < -0.3 is 5.73 Å². The van der Waals surface area contributed by atoms with Gasteiger partial charge in [0, 0.05) is 0 Å². The Morgan fingerprint density at radius 1 is 1.26 bits per heavy atom. The predicted molar refractivity (Wildman–Crippen MR) is 89.5 cm³/mol. The van der Waals surface area contributed by atoms with Gasteiger partial charge in [-0.05, 0) is 42.8 Å². The number of hydrogen-bond donors (Lipinski definition) is 1. The van der Waals surface area contributed by atoms with Crippen molar-refractivity contribution < 1.29 is 4.39 Å². The molecule has 1 atom stereocenters. The lowest BCUT2D eigenvalue weighted by Gasteiger charge is -2.17. The van der Waals surface area contributed by atoms with Crippen molar-refractivity contribution in [2.24, 2.45) is 5.73 Å². The summed E-state index contributed by atoms with van der Waals surface area (Å²) >= 11 is 6.17. The summed E-state index contributed by atoms with van der Waals surface area (Å²) in [6, 6.07) is 10.3. The van der Waals surface area contributed by atoms with E-state index in [0.29, 0.717) is 33.9 Å². The van der Waals surface area contributed by atoms with Crippen molar-refractivity contribution in [3.8, 4) is 5.69 Å². The number of fused-ring (bicyclic) bond motifs is 1. The van der Waals surface area contributed by atoms with Crippen molar-refractivity contribution in [1.29, 1.82) is 0 Å². The molecule has 0 amide bonds. The number of nitrogens with two attached hydrogens (primary N) is 1. The highest BCUT2D eigenvalue weighted by Gasteiger charge is 2.18. The Morgan fingerprint density at radius 3 is 2.61 bits per heavy atom. The van der Waals surface area contributed by atoms with E-state index in [1.54, 1.807) is 18.2 Å². The van der Waals surface area contributed by atoms with E-state index in [9.17, 15) is 9.18 Å². The molecule has 0 fully saturated rings. The summed E-state index contributed by atoms with van der Waals surface area (Å²) in [5.74, 6) is 0.0498. The molecule has 0 bridgehead atoms. The van der Waals surface area contributed by atoms with E-state index in [1.807, 2.05) is 6.92 Å². The smallest absolute Gasteiger partial charge is 0.267 e. The molecule has 0 spiro atoms. The van der Waals surface area contributed by atoms with Gasteiger partial charge in [-0.2, -0.15) is 0 Å². The lowest BCUT2D eigenvalue weighted by molar-refractivity contribution is 0.617. The highest BCUT2D eigenvalue weighted by atomic mass is 35.5. The maximum atomic E-state index is 13.2. The molecule has 23 heavy (non-hydrogen) atoms. The van der Waals surface area contributed by atoms with Crippen LogP contribution in [0.1, 0.15) is 25.2 Å². The SMILES string of the molecule is CCC(N)c1nc2cccc(Cl)c2c(=O)n1-c1ccc(F)cc1. The molecule has 1 heterocycles. The van der Waals surface area contributed by atoms with E-state index >= 15 is 0 Å². The van der Waals surface area contributed by atoms with Crippen molar-refractivity contribution in [1.82, 2.24) is 9.55 Å². The maximum Gasteiger partial charge on any atom is 0.267 e. The molecule has 0 radical (unpaired) electrons. The molecule has 118 valence electrons. The Kier molecular flexibility index (Phi) is 4.15. The van der Waals surface area contributed by atoms with Crippen LogP contribution >= 0.6 is 11.6 Å². The Bertz CT molecular complexity index is 922. The topological polar surface area (TPSA) is 60.9 Å². The Balaban J connectivity index is 2.41. The Morgan fingerprint density at radius 2 is 1.96 bits per heavy atom. The number of nitrogens with zero attached hydrogens (tertiary/aromatic N) is 2. The lowest BCUT2D eigenvalue weighted by atomic mass is 10.1. The summed E-state index contributed by atoms with van der Waals surface area (Å²) in [6.45, 7) is 1.91. The number of aromatic nitrogens is 2. The van der Waals surface area contributed by atoms with E-state index in [4.69, 9.17) is 17.3 Å². The predicted octanol–water partition coefficient (Wildman–Crippen LogP) is 3.59. The lowest BCUT2D eigenvalue weighted by Crippen LogP contribution is -2.28. The quantitative estimate of drug-likeness (QED) is 0.797. The van der Waals surface area contributed by atoms with Gasteiger partial charge >= 0.3 is 0 Å². The molecule has 2 N–H and O–H groups in total. The standard InChI is InChI=1S/C17H15ClFN3O/c1-2-13(20)16-21-14-5-3-4-12(18)15(14)17(23)22(16)11-8-6-10(19)7-9-11/h3-9,13H,2,20H2,1H3. The number of benzene rings is 2. The average Bonchev–Trinajstić information content (AvgIpc) is 2.55. The van der Waals surface area contributed by atoms with Gasteiger partial charge in [-0.3, -0.25) is 9.36 Å². The van der Waals surface area contributed by atoms with E-state index in [1.165, 1.54) is 28.8 Å². The minimum atomic E-state index is -0.420. The van der Waals surface area contributed by atoms with Gasteiger partial charge in [-0.1, -0.05) is 24.6 Å².